The molecule has 0 spiro atoms. The summed E-state index contributed by atoms with van der Waals surface area (Å²) in [5.74, 6) is -6.81. The quantitative estimate of drug-likeness (QED) is 0.219. The van der Waals surface area contributed by atoms with Gasteiger partial charge in [-0.05, 0) is 50.4 Å². The van der Waals surface area contributed by atoms with E-state index in [1.807, 2.05) is 13.8 Å². The molecule has 4 rings (SSSR count). The monoisotopic (exact) mass is 570 g/mol. The van der Waals surface area contributed by atoms with Crippen LogP contribution in [0.5, 0.6) is 5.75 Å². The summed E-state index contributed by atoms with van der Waals surface area (Å²) in [5, 5.41) is 45.7. The Morgan fingerprint density at radius 2 is 1.80 bits per heavy atom. The lowest BCUT2D eigenvalue weighted by molar-refractivity contribution is -0.153. The van der Waals surface area contributed by atoms with Crippen LogP contribution in [0.25, 0.3) is 5.76 Å². The fourth-order valence-corrected chi connectivity index (χ4v) is 6.70. The maximum atomic E-state index is 14.1. The fourth-order valence-electron chi connectivity index (χ4n) is 6.70. The van der Waals surface area contributed by atoms with Gasteiger partial charge >= 0.3 is 0 Å². The van der Waals surface area contributed by atoms with Crippen LogP contribution in [-0.4, -0.2) is 100 Å². The van der Waals surface area contributed by atoms with E-state index in [-0.39, 0.29) is 42.2 Å². The molecule has 1 saturated carbocycles. The number of primary amides is 1. The van der Waals surface area contributed by atoms with Crippen LogP contribution in [0.4, 0.5) is 5.69 Å². The highest BCUT2D eigenvalue weighted by Gasteiger charge is 2.64. The Balaban J connectivity index is 1.95. The zero-order valence-electron chi connectivity index (χ0n) is 24.1. The highest BCUT2D eigenvalue weighted by Crippen LogP contribution is 2.54. The van der Waals surface area contributed by atoms with Gasteiger partial charge < -0.3 is 36.0 Å². The lowest BCUT2D eigenvalue weighted by atomic mass is 9.57. The van der Waals surface area contributed by atoms with E-state index in [1.54, 1.807) is 39.2 Å². The molecule has 6 N–H and O–H groups in total. The third-order valence-corrected chi connectivity index (χ3v) is 8.38. The molecule has 12 nitrogen and oxygen atoms in total. The fraction of sp³-hybridized carbons (Fsp3) is 0.517. The van der Waals surface area contributed by atoms with E-state index in [1.165, 1.54) is 9.80 Å². The van der Waals surface area contributed by atoms with Crippen LogP contribution in [0.3, 0.4) is 0 Å². The van der Waals surface area contributed by atoms with Crippen LogP contribution in [0.15, 0.2) is 23.0 Å². The van der Waals surface area contributed by atoms with Crippen molar-refractivity contribution in [1.29, 1.82) is 0 Å². The number of aliphatic hydroxyl groups excluding tert-OH is 2. The third-order valence-electron chi connectivity index (χ3n) is 8.38. The van der Waals surface area contributed by atoms with Crippen molar-refractivity contribution < 1.29 is 39.6 Å². The zero-order chi connectivity index (χ0) is 30.7. The van der Waals surface area contributed by atoms with Gasteiger partial charge in [-0.3, -0.25) is 24.1 Å². The molecule has 1 aromatic rings. The van der Waals surface area contributed by atoms with E-state index in [0.717, 1.165) is 0 Å². The van der Waals surface area contributed by atoms with Gasteiger partial charge in [0.25, 0.3) is 5.91 Å². The summed E-state index contributed by atoms with van der Waals surface area (Å²) in [6.45, 7) is 4.38. The topological polar surface area (TPSA) is 185 Å². The summed E-state index contributed by atoms with van der Waals surface area (Å²) in [7, 11) is 6.69. The molecule has 0 unspecified atom stereocenters. The zero-order valence-corrected chi connectivity index (χ0v) is 24.1. The van der Waals surface area contributed by atoms with Gasteiger partial charge in [0, 0.05) is 49.9 Å². The number of fused-ring (bicyclic) bond motifs is 3. The summed E-state index contributed by atoms with van der Waals surface area (Å²) < 4.78 is 0. The number of amides is 2. The number of nitrogens with zero attached hydrogens (tertiary/aromatic N) is 3. The molecule has 0 radical (unpaired) electrons. The number of hydrogen-bond acceptors (Lipinski definition) is 10. The number of phenols is 1. The van der Waals surface area contributed by atoms with Crippen LogP contribution in [0.2, 0.25) is 0 Å². The molecule has 41 heavy (non-hydrogen) atoms. The van der Waals surface area contributed by atoms with Crippen molar-refractivity contribution in [3.63, 3.8) is 0 Å². The first-order valence-electron chi connectivity index (χ1n) is 13.5. The summed E-state index contributed by atoms with van der Waals surface area (Å²) in [6.07, 6.45) is 0.869. The van der Waals surface area contributed by atoms with Gasteiger partial charge in [-0.2, -0.15) is 0 Å². The summed E-state index contributed by atoms with van der Waals surface area (Å²) in [5.41, 5.74) is 3.16. The van der Waals surface area contributed by atoms with Crippen LogP contribution < -0.4 is 10.6 Å². The number of anilines is 1. The van der Waals surface area contributed by atoms with Gasteiger partial charge in [0.15, 0.2) is 11.4 Å². The first-order chi connectivity index (χ1) is 19.1. The second kappa shape index (κ2) is 10.5. The summed E-state index contributed by atoms with van der Waals surface area (Å²) in [4.78, 5) is 56.0. The van der Waals surface area contributed by atoms with Crippen LogP contribution in [0, 0.1) is 17.8 Å². The van der Waals surface area contributed by atoms with Crippen molar-refractivity contribution in [3.8, 4) is 5.75 Å². The van der Waals surface area contributed by atoms with Crippen molar-refractivity contribution in [2.75, 3.05) is 39.6 Å². The van der Waals surface area contributed by atoms with Crippen molar-refractivity contribution in [2.24, 2.45) is 23.5 Å². The van der Waals surface area contributed by atoms with Crippen molar-refractivity contribution >= 4 is 35.3 Å². The van der Waals surface area contributed by atoms with E-state index in [2.05, 4.69) is 0 Å². The summed E-state index contributed by atoms with van der Waals surface area (Å²) in [6, 6.07) is 0.594. The predicted octanol–water partition coefficient (Wildman–Crippen LogP) is 0.644. The molecule has 0 bridgehead atoms. The Hall–Kier alpha value is -3.90. The SMILES string of the molecule is CC(C)CN(C=O)Cc1cc(N(C)C)c2c(c1O)C(O)=C1C(=O)[C@]3(O)C(O)=C(C(N)=O)C(=O)[C@H](N(C)C)[C@@H]3C[C@@H]1C2. The van der Waals surface area contributed by atoms with Gasteiger partial charge in [-0.1, -0.05) is 13.8 Å². The average molecular weight is 571 g/mol. The van der Waals surface area contributed by atoms with E-state index >= 15 is 0 Å². The molecule has 0 aliphatic heterocycles. The van der Waals surface area contributed by atoms with Crippen LogP contribution >= 0.6 is 0 Å². The first-order valence-corrected chi connectivity index (χ1v) is 13.5. The number of Topliss-reactive ketones (excluding diaryl/α,β-unsaturated/α-hetero) is 2. The second-order valence-corrected chi connectivity index (χ2v) is 12.0. The molecule has 222 valence electrons. The second-order valence-electron chi connectivity index (χ2n) is 12.0. The van der Waals surface area contributed by atoms with Gasteiger partial charge in [0.05, 0.1) is 11.6 Å². The highest BCUT2D eigenvalue weighted by molar-refractivity contribution is 6.24. The van der Waals surface area contributed by atoms with Crippen molar-refractivity contribution in [3.05, 3.63) is 39.7 Å². The molecule has 3 aliphatic rings. The number of hydrogen-bond donors (Lipinski definition) is 5. The molecule has 1 aromatic carbocycles. The normalized spacial score (nSPS) is 25.7. The first kappa shape index (κ1) is 30.1. The average Bonchev–Trinajstić information content (AvgIpc) is 2.86. The minimum atomic E-state index is -2.70. The van der Waals surface area contributed by atoms with Crippen molar-refractivity contribution in [2.45, 2.75) is 44.9 Å². The molecule has 0 heterocycles. The molecule has 0 saturated heterocycles. The van der Waals surface area contributed by atoms with Crippen LogP contribution in [0.1, 0.15) is 37.0 Å². The lowest BCUT2D eigenvalue weighted by Crippen LogP contribution is -2.65. The number of carbonyl (C=O) groups is 4. The highest BCUT2D eigenvalue weighted by atomic mass is 16.3. The number of carbonyl (C=O) groups excluding carboxylic acids is 4. The number of aromatic hydroxyl groups is 1. The Labute approximate surface area is 238 Å². The van der Waals surface area contributed by atoms with Gasteiger partial charge in [-0.15, -0.1) is 0 Å². The third kappa shape index (κ3) is 4.55. The van der Waals surface area contributed by atoms with Crippen molar-refractivity contribution in [1.82, 2.24) is 9.80 Å². The smallest absolute Gasteiger partial charge is 0.255 e. The maximum Gasteiger partial charge on any atom is 0.255 e. The van der Waals surface area contributed by atoms with Gasteiger partial charge in [-0.25, -0.2) is 0 Å². The number of rotatable bonds is 8. The largest absolute Gasteiger partial charge is 0.508 e. The summed E-state index contributed by atoms with van der Waals surface area (Å²) >= 11 is 0. The van der Waals surface area contributed by atoms with E-state index in [9.17, 15) is 39.6 Å². The number of aliphatic hydroxyl groups is 3. The molecule has 2 amide bonds. The Bertz CT molecular complexity index is 1400. The Kier molecular flexibility index (Phi) is 7.70. The minimum Gasteiger partial charge on any atom is -0.508 e. The van der Waals surface area contributed by atoms with Gasteiger partial charge in [0.1, 0.15) is 22.8 Å². The molecule has 3 aliphatic carbocycles. The van der Waals surface area contributed by atoms with Gasteiger partial charge in [0.2, 0.25) is 12.2 Å². The number of likely N-dealkylation sites (N-methyl/N-ethyl adjacent to an activating group) is 1. The predicted molar refractivity (Wildman–Crippen MR) is 150 cm³/mol. The molecular formula is C29H38N4O8. The Morgan fingerprint density at radius 1 is 1.17 bits per heavy atom. The molecule has 0 aromatic heterocycles. The number of phenolic OH excluding ortho intramolecular Hbond substituents is 1. The van der Waals surface area contributed by atoms with E-state index in [0.29, 0.717) is 29.8 Å². The number of nitrogens with two attached hydrogens (primary N) is 1. The standard InChI is InChI=1S/C29H38N4O8/c1-13(2)10-33(12-34)11-15-9-18(31(3)4)16-7-14-8-17-22(32(5)6)25(37)21(28(30)40)27(39)29(17,41)26(38)19(14)24(36)20(16)23(15)35/h9,12-14,17,22,35-36,39,41H,7-8,10-11H2,1-6H3,(H2,30,40)/t14-,17-,22+,29-/m0/s1. The molecule has 12 heteroatoms. The van der Waals surface area contributed by atoms with E-state index < -0.39 is 58.0 Å². The lowest BCUT2D eigenvalue weighted by Gasteiger charge is -2.50. The number of benzene rings is 1. The van der Waals surface area contributed by atoms with E-state index in [4.69, 9.17) is 5.73 Å². The molecule has 4 atom stereocenters. The minimum absolute atomic E-state index is 0.00196. The molecule has 1 fully saturated rings. The molecular weight excluding hydrogens is 532 g/mol. The Morgan fingerprint density at radius 3 is 2.32 bits per heavy atom. The maximum absolute atomic E-state index is 14.1. The number of ketones is 2. The van der Waals surface area contributed by atoms with Crippen LogP contribution in [-0.2, 0) is 32.1 Å².